The number of phenols is 1. The highest BCUT2D eigenvalue weighted by Gasteiger charge is 2.15. The maximum atomic E-state index is 12.5. The van der Waals surface area contributed by atoms with Gasteiger partial charge in [-0.05, 0) is 47.9 Å². The quantitative estimate of drug-likeness (QED) is 0.526. The van der Waals surface area contributed by atoms with Crippen molar-refractivity contribution in [1.82, 2.24) is 0 Å². The molecule has 150 valence electrons. The molecule has 0 saturated heterocycles. The highest BCUT2D eigenvalue weighted by molar-refractivity contribution is 7.94. The maximum Gasteiger partial charge on any atom is 0.294 e. The molecule has 0 aliphatic heterocycles. The lowest BCUT2D eigenvalue weighted by Crippen LogP contribution is -2.12. The zero-order valence-corrected chi connectivity index (χ0v) is 16.4. The minimum Gasteiger partial charge on any atom is -0.507 e. The Hall–Kier alpha value is -3.21. The van der Waals surface area contributed by atoms with Crippen LogP contribution in [0.2, 0.25) is 0 Å². The van der Waals surface area contributed by atoms with Crippen molar-refractivity contribution >= 4 is 42.3 Å². The van der Waals surface area contributed by atoms with Gasteiger partial charge in [-0.2, -0.15) is 8.42 Å². The SMILES string of the molecule is C=CS(=O)(=O)c1cccc(C(=O)Nc2ccc3c(O)cc(S(=O)(=O)O)cc3c2)c1. The van der Waals surface area contributed by atoms with Crippen LogP contribution in [-0.2, 0) is 20.0 Å². The number of anilines is 1. The summed E-state index contributed by atoms with van der Waals surface area (Å²) in [7, 11) is -8.23. The number of sulfone groups is 1. The number of carbonyl (C=O) groups is 1. The predicted octanol–water partition coefficient (Wildman–Crippen LogP) is 2.96. The second kappa shape index (κ2) is 7.32. The number of hydrogen-bond acceptors (Lipinski definition) is 6. The molecule has 0 aromatic heterocycles. The monoisotopic (exact) mass is 433 g/mol. The molecule has 0 aliphatic carbocycles. The summed E-state index contributed by atoms with van der Waals surface area (Å²) >= 11 is 0. The molecule has 0 bridgehead atoms. The number of benzene rings is 3. The van der Waals surface area contributed by atoms with Gasteiger partial charge in [0.05, 0.1) is 9.79 Å². The van der Waals surface area contributed by atoms with Crippen molar-refractivity contribution in [2.24, 2.45) is 0 Å². The molecule has 0 atom stereocenters. The van der Waals surface area contributed by atoms with Gasteiger partial charge in [0.2, 0.25) is 0 Å². The van der Waals surface area contributed by atoms with E-state index >= 15 is 0 Å². The molecule has 10 heteroatoms. The van der Waals surface area contributed by atoms with Crippen molar-refractivity contribution < 1.29 is 31.3 Å². The topological polar surface area (TPSA) is 138 Å². The second-order valence-corrected chi connectivity index (χ2v) is 9.36. The van der Waals surface area contributed by atoms with Crippen molar-refractivity contribution in [3.05, 3.63) is 72.1 Å². The smallest absolute Gasteiger partial charge is 0.294 e. The van der Waals surface area contributed by atoms with Gasteiger partial charge in [-0.15, -0.1) is 0 Å². The van der Waals surface area contributed by atoms with Crippen LogP contribution in [0.4, 0.5) is 5.69 Å². The van der Waals surface area contributed by atoms with E-state index < -0.39 is 30.8 Å². The van der Waals surface area contributed by atoms with Crippen molar-refractivity contribution in [2.45, 2.75) is 9.79 Å². The first-order valence-corrected chi connectivity index (χ1v) is 11.0. The van der Waals surface area contributed by atoms with E-state index in [1.54, 1.807) is 0 Å². The molecule has 3 rings (SSSR count). The molecule has 0 spiro atoms. The van der Waals surface area contributed by atoms with Crippen LogP contribution in [0, 0.1) is 0 Å². The lowest BCUT2D eigenvalue weighted by atomic mass is 10.1. The van der Waals surface area contributed by atoms with Crippen LogP contribution in [0.5, 0.6) is 5.75 Å². The molecule has 0 radical (unpaired) electrons. The van der Waals surface area contributed by atoms with Gasteiger partial charge in [0.15, 0.2) is 9.84 Å². The zero-order chi connectivity index (χ0) is 21.4. The molecule has 29 heavy (non-hydrogen) atoms. The van der Waals surface area contributed by atoms with Gasteiger partial charge >= 0.3 is 0 Å². The van der Waals surface area contributed by atoms with E-state index in [-0.39, 0.29) is 27.3 Å². The molecule has 1 amide bonds. The number of nitrogens with one attached hydrogen (secondary N) is 1. The van der Waals surface area contributed by atoms with E-state index in [4.69, 9.17) is 0 Å². The fourth-order valence-electron chi connectivity index (χ4n) is 2.66. The van der Waals surface area contributed by atoms with Gasteiger partial charge in [-0.3, -0.25) is 9.35 Å². The van der Waals surface area contributed by atoms with Crippen molar-refractivity contribution in [2.75, 3.05) is 5.32 Å². The van der Waals surface area contributed by atoms with E-state index in [9.17, 15) is 31.3 Å². The van der Waals surface area contributed by atoms with Gasteiger partial charge in [-0.25, -0.2) is 8.42 Å². The van der Waals surface area contributed by atoms with E-state index in [0.29, 0.717) is 5.39 Å². The Bertz CT molecular complexity index is 1360. The standard InChI is InChI=1S/C19H15NO7S2/c1-2-28(23,24)15-5-3-4-12(9-15)19(22)20-14-6-7-17-13(8-14)10-16(11-18(17)21)29(25,26)27/h2-11,21H,1H2,(H,20,22)(H,25,26,27). The van der Waals surface area contributed by atoms with Gasteiger partial charge in [0.1, 0.15) is 5.75 Å². The summed E-state index contributed by atoms with van der Waals surface area (Å²) in [6.07, 6.45) is 0. The Morgan fingerprint density at radius 3 is 2.34 bits per heavy atom. The largest absolute Gasteiger partial charge is 0.507 e. The van der Waals surface area contributed by atoms with Crippen LogP contribution in [-0.4, -0.2) is 32.4 Å². The Labute approximate surface area is 166 Å². The average molecular weight is 433 g/mol. The number of aromatic hydroxyl groups is 1. The molecule has 0 unspecified atom stereocenters. The predicted molar refractivity (Wildman–Crippen MR) is 107 cm³/mol. The Morgan fingerprint density at radius 1 is 0.966 bits per heavy atom. The summed E-state index contributed by atoms with van der Waals surface area (Å²) in [6, 6.07) is 11.8. The molecule has 8 nitrogen and oxygen atoms in total. The van der Waals surface area contributed by atoms with Gasteiger partial charge in [0, 0.05) is 28.1 Å². The Morgan fingerprint density at radius 2 is 1.69 bits per heavy atom. The number of hydrogen-bond donors (Lipinski definition) is 3. The van der Waals surface area contributed by atoms with Crippen LogP contribution < -0.4 is 5.32 Å². The molecule has 3 aromatic carbocycles. The van der Waals surface area contributed by atoms with Crippen LogP contribution in [0.15, 0.2) is 76.4 Å². The highest BCUT2D eigenvalue weighted by atomic mass is 32.2. The number of rotatable bonds is 5. The molecule has 0 aliphatic rings. The third-order valence-electron chi connectivity index (χ3n) is 4.10. The molecule has 0 heterocycles. The molecule has 3 aromatic rings. The van der Waals surface area contributed by atoms with E-state index in [0.717, 1.165) is 17.5 Å². The summed E-state index contributed by atoms with van der Waals surface area (Å²) in [5.41, 5.74) is 0.355. The van der Waals surface area contributed by atoms with Crippen LogP contribution in [0.25, 0.3) is 10.8 Å². The first-order chi connectivity index (χ1) is 13.5. The van der Waals surface area contributed by atoms with Crippen molar-refractivity contribution in [1.29, 1.82) is 0 Å². The van der Waals surface area contributed by atoms with Crippen molar-refractivity contribution in [3.63, 3.8) is 0 Å². The molecule has 3 N–H and O–H groups in total. The van der Waals surface area contributed by atoms with Crippen LogP contribution in [0.1, 0.15) is 10.4 Å². The number of amides is 1. The zero-order valence-electron chi connectivity index (χ0n) is 14.7. The number of carbonyl (C=O) groups excluding carboxylic acids is 1. The molecule has 0 saturated carbocycles. The van der Waals surface area contributed by atoms with Gasteiger partial charge < -0.3 is 10.4 Å². The third-order valence-corrected chi connectivity index (χ3v) is 6.29. The summed E-state index contributed by atoms with van der Waals surface area (Å²) in [4.78, 5) is 11.9. The summed E-state index contributed by atoms with van der Waals surface area (Å²) < 4.78 is 55.6. The summed E-state index contributed by atoms with van der Waals surface area (Å²) in [5, 5.41) is 13.9. The second-order valence-electron chi connectivity index (χ2n) is 6.05. The third kappa shape index (κ3) is 4.29. The molecule has 0 fully saturated rings. The van der Waals surface area contributed by atoms with E-state index in [1.165, 1.54) is 42.5 Å². The fourth-order valence-corrected chi connectivity index (χ4v) is 3.95. The molecular formula is C19H15NO7S2. The van der Waals surface area contributed by atoms with Gasteiger partial charge in [0.25, 0.3) is 16.0 Å². The fraction of sp³-hybridized carbons (Fsp3) is 0. The average Bonchev–Trinajstić information content (AvgIpc) is 2.67. The number of fused-ring (bicyclic) bond motifs is 1. The van der Waals surface area contributed by atoms with Gasteiger partial charge in [-0.1, -0.05) is 12.6 Å². The van der Waals surface area contributed by atoms with Crippen LogP contribution in [0.3, 0.4) is 0 Å². The minimum atomic E-state index is -4.53. The maximum absolute atomic E-state index is 12.5. The first kappa shape index (κ1) is 20.5. The van der Waals surface area contributed by atoms with Crippen LogP contribution >= 0.6 is 0 Å². The minimum absolute atomic E-state index is 0.0821. The number of phenolic OH excluding ortho intramolecular Hbond substituents is 1. The first-order valence-electron chi connectivity index (χ1n) is 8.04. The summed E-state index contributed by atoms with van der Waals surface area (Å²) in [6.45, 7) is 3.24. The highest BCUT2D eigenvalue weighted by Crippen LogP contribution is 2.30. The Balaban J connectivity index is 1.97. The lowest BCUT2D eigenvalue weighted by molar-refractivity contribution is 0.102. The van der Waals surface area contributed by atoms with E-state index in [1.807, 2.05) is 0 Å². The molecular weight excluding hydrogens is 418 g/mol. The Kier molecular flexibility index (Phi) is 5.18. The van der Waals surface area contributed by atoms with E-state index in [2.05, 4.69) is 11.9 Å². The van der Waals surface area contributed by atoms with Crippen molar-refractivity contribution in [3.8, 4) is 5.75 Å². The normalized spacial score (nSPS) is 11.9. The summed E-state index contributed by atoms with van der Waals surface area (Å²) in [5.74, 6) is -0.948. The lowest BCUT2D eigenvalue weighted by Gasteiger charge is -2.09.